The van der Waals surface area contributed by atoms with Crippen molar-refractivity contribution < 1.29 is 0 Å². The third kappa shape index (κ3) is 3.85. The second kappa shape index (κ2) is 7.28. The molecule has 4 nitrogen and oxygen atoms in total. The van der Waals surface area contributed by atoms with E-state index in [4.69, 9.17) is 11.6 Å². The third-order valence-corrected chi connectivity index (χ3v) is 5.04. The lowest BCUT2D eigenvalue weighted by Gasteiger charge is -2.30. The van der Waals surface area contributed by atoms with Gasteiger partial charge < -0.3 is 10.6 Å². The minimum Gasteiger partial charge on any atom is -0.382 e. The van der Waals surface area contributed by atoms with Crippen LogP contribution in [0.15, 0.2) is 54.9 Å². The zero-order valence-electron chi connectivity index (χ0n) is 14.0. The molecule has 2 heterocycles. The number of hydrogen-bond donors (Lipinski definition) is 2. The number of nitrogens with zero attached hydrogens (tertiary/aromatic N) is 2. The van der Waals surface area contributed by atoms with Crippen LogP contribution < -0.4 is 10.6 Å². The summed E-state index contributed by atoms with van der Waals surface area (Å²) in [7, 11) is 0. The lowest BCUT2D eigenvalue weighted by molar-refractivity contribution is 0.428. The van der Waals surface area contributed by atoms with Gasteiger partial charge in [0, 0.05) is 40.6 Å². The second-order valence-corrected chi connectivity index (χ2v) is 7.01. The molecule has 1 fully saturated rings. The van der Waals surface area contributed by atoms with Crippen LogP contribution in [-0.2, 0) is 0 Å². The number of pyridine rings is 2. The highest BCUT2D eigenvalue weighted by atomic mass is 35.5. The first kappa shape index (κ1) is 16.2. The number of benzene rings is 1. The van der Waals surface area contributed by atoms with Gasteiger partial charge in [-0.3, -0.25) is 4.98 Å². The third-order valence-electron chi connectivity index (χ3n) is 4.81. The average Bonchev–Trinajstić information content (AvgIpc) is 2.64. The molecule has 5 heteroatoms. The first-order valence-electron chi connectivity index (χ1n) is 8.76. The second-order valence-electron chi connectivity index (χ2n) is 6.57. The summed E-state index contributed by atoms with van der Waals surface area (Å²) in [6, 6.07) is 14.9. The van der Waals surface area contributed by atoms with E-state index in [9.17, 15) is 0 Å². The molecule has 1 aliphatic rings. The van der Waals surface area contributed by atoms with E-state index in [1.54, 1.807) is 0 Å². The number of aromatic nitrogens is 2. The minimum atomic E-state index is 0.489. The first-order valence-corrected chi connectivity index (χ1v) is 9.14. The fourth-order valence-electron chi connectivity index (χ4n) is 3.51. The summed E-state index contributed by atoms with van der Waals surface area (Å²) in [5, 5.41) is 9.08. The lowest BCUT2D eigenvalue weighted by atomic mass is 9.91. The SMILES string of the molecule is Clc1ccc2c(NC3CCC(Nc4ccccn4)CC3)ccnc2c1. The van der Waals surface area contributed by atoms with Crippen molar-refractivity contribution in [1.82, 2.24) is 9.97 Å². The first-order chi connectivity index (χ1) is 12.3. The zero-order valence-corrected chi connectivity index (χ0v) is 14.7. The fraction of sp³-hybridized carbons (Fsp3) is 0.300. The lowest BCUT2D eigenvalue weighted by Crippen LogP contribution is -2.32. The van der Waals surface area contributed by atoms with Crippen LogP contribution in [0.4, 0.5) is 11.5 Å². The van der Waals surface area contributed by atoms with Gasteiger partial charge in [0.25, 0.3) is 0 Å². The highest BCUT2D eigenvalue weighted by Gasteiger charge is 2.21. The van der Waals surface area contributed by atoms with E-state index < -0.39 is 0 Å². The Kier molecular flexibility index (Phi) is 4.70. The Morgan fingerprint density at radius 1 is 0.840 bits per heavy atom. The van der Waals surface area contributed by atoms with Gasteiger partial charge in [-0.1, -0.05) is 17.7 Å². The van der Waals surface area contributed by atoms with Crippen molar-refractivity contribution in [3.05, 3.63) is 59.9 Å². The predicted molar refractivity (Wildman–Crippen MR) is 104 cm³/mol. The van der Waals surface area contributed by atoms with E-state index >= 15 is 0 Å². The van der Waals surface area contributed by atoms with Gasteiger partial charge in [-0.15, -0.1) is 0 Å². The van der Waals surface area contributed by atoms with Gasteiger partial charge in [-0.05, 0) is 62.1 Å². The van der Waals surface area contributed by atoms with Gasteiger partial charge in [0.2, 0.25) is 0 Å². The highest BCUT2D eigenvalue weighted by molar-refractivity contribution is 6.31. The Morgan fingerprint density at radius 3 is 2.40 bits per heavy atom. The molecule has 25 heavy (non-hydrogen) atoms. The largest absolute Gasteiger partial charge is 0.382 e. The minimum absolute atomic E-state index is 0.489. The van der Waals surface area contributed by atoms with Gasteiger partial charge in [-0.2, -0.15) is 0 Å². The Labute approximate surface area is 152 Å². The molecule has 0 bridgehead atoms. The molecule has 2 N–H and O–H groups in total. The maximum atomic E-state index is 6.07. The summed E-state index contributed by atoms with van der Waals surface area (Å²) in [6.45, 7) is 0. The van der Waals surface area contributed by atoms with E-state index in [1.807, 2.05) is 48.8 Å². The Morgan fingerprint density at radius 2 is 1.64 bits per heavy atom. The summed E-state index contributed by atoms with van der Waals surface area (Å²) < 4.78 is 0. The number of hydrogen-bond acceptors (Lipinski definition) is 4. The van der Waals surface area contributed by atoms with Crippen LogP contribution in [0, 0.1) is 0 Å². The van der Waals surface area contributed by atoms with Crippen molar-refractivity contribution in [2.24, 2.45) is 0 Å². The van der Waals surface area contributed by atoms with Crippen molar-refractivity contribution in [2.75, 3.05) is 10.6 Å². The van der Waals surface area contributed by atoms with E-state index in [0.29, 0.717) is 12.1 Å². The molecule has 1 aromatic carbocycles. The molecule has 2 aromatic heterocycles. The summed E-state index contributed by atoms with van der Waals surface area (Å²) in [5.74, 6) is 0.968. The van der Waals surface area contributed by atoms with E-state index in [2.05, 4.69) is 26.7 Å². The summed E-state index contributed by atoms with van der Waals surface area (Å²) in [6.07, 6.45) is 8.24. The van der Waals surface area contributed by atoms with Gasteiger partial charge in [0.15, 0.2) is 0 Å². The number of anilines is 2. The summed E-state index contributed by atoms with van der Waals surface area (Å²) in [5.41, 5.74) is 2.07. The number of fused-ring (bicyclic) bond motifs is 1. The van der Waals surface area contributed by atoms with E-state index in [-0.39, 0.29) is 0 Å². The molecule has 1 aliphatic carbocycles. The molecular weight excluding hydrogens is 332 g/mol. The van der Waals surface area contributed by atoms with Gasteiger partial charge in [0.05, 0.1) is 5.52 Å². The zero-order chi connectivity index (χ0) is 17.1. The average molecular weight is 353 g/mol. The molecule has 0 atom stereocenters. The molecule has 0 unspecified atom stereocenters. The molecule has 3 aromatic rings. The molecule has 0 aliphatic heterocycles. The molecule has 0 radical (unpaired) electrons. The van der Waals surface area contributed by atoms with Gasteiger partial charge >= 0.3 is 0 Å². The molecule has 0 amide bonds. The number of nitrogens with one attached hydrogen (secondary N) is 2. The number of rotatable bonds is 4. The smallest absolute Gasteiger partial charge is 0.126 e. The van der Waals surface area contributed by atoms with Crippen molar-refractivity contribution in [3.8, 4) is 0 Å². The molecule has 0 spiro atoms. The molecular formula is C20H21ClN4. The maximum Gasteiger partial charge on any atom is 0.126 e. The number of halogens is 1. The quantitative estimate of drug-likeness (QED) is 0.684. The summed E-state index contributed by atoms with van der Waals surface area (Å²) in [4.78, 5) is 8.77. The fourth-order valence-corrected chi connectivity index (χ4v) is 3.67. The summed E-state index contributed by atoms with van der Waals surface area (Å²) >= 11 is 6.07. The van der Waals surface area contributed by atoms with Crippen LogP contribution in [-0.4, -0.2) is 22.1 Å². The molecule has 4 rings (SSSR count). The normalized spacial score (nSPS) is 20.4. The maximum absolute atomic E-state index is 6.07. The molecule has 0 saturated heterocycles. The van der Waals surface area contributed by atoms with Crippen molar-refractivity contribution in [3.63, 3.8) is 0 Å². The van der Waals surface area contributed by atoms with E-state index in [1.165, 1.54) is 0 Å². The van der Waals surface area contributed by atoms with Crippen LogP contribution >= 0.6 is 11.6 Å². The molecule has 1 saturated carbocycles. The van der Waals surface area contributed by atoms with Crippen LogP contribution in [0.25, 0.3) is 10.9 Å². The van der Waals surface area contributed by atoms with Crippen molar-refractivity contribution in [1.29, 1.82) is 0 Å². The van der Waals surface area contributed by atoms with Crippen LogP contribution in [0.5, 0.6) is 0 Å². The van der Waals surface area contributed by atoms with Gasteiger partial charge in [0.1, 0.15) is 5.82 Å². The van der Waals surface area contributed by atoms with Crippen LogP contribution in [0.2, 0.25) is 5.02 Å². The van der Waals surface area contributed by atoms with Crippen molar-refractivity contribution >= 4 is 34.0 Å². The van der Waals surface area contributed by atoms with Gasteiger partial charge in [-0.25, -0.2) is 4.98 Å². The Hall–Kier alpha value is -2.33. The molecule has 128 valence electrons. The Bertz CT molecular complexity index is 845. The standard InChI is InChI=1S/C20H21ClN4/c21-14-4-9-17-18(10-12-22-19(17)13-14)24-15-5-7-16(8-6-15)25-20-3-1-2-11-23-20/h1-4,9-13,15-16H,5-8H2,(H,22,24)(H,23,25). The van der Waals surface area contributed by atoms with E-state index in [0.717, 1.165) is 53.1 Å². The van der Waals surface area contributed by atoms with Crippen LogP contribution in [0.3, 0.4) is 0 Å². The monoisotopic (exact) mass is 352 g/mol. The van der Waals surface area contributed by atoms with Crippen LogP contribution in [0.1, 0.15) is 25.7 Å². The Balaban J connectivity index is 1.39. The topological polar surface area (TPSA) is 49.8 Å². The van der Waals surface area contributed by atoms with Crippen molar-refractivity contribution in [2.45, 2.75) is 37.8 Å². The predicted octanol–water partition coefficient (Wildman–Crippen LogP) is 5.12. The highest BCUT2D eigenvalue weighted by Crippen LogP contribution is 2.28.